The average Bonchev–Trinajstić information content (AvgIpc) is 2.87. The molecule has 0 bridgehead atoms. The monoisotopic (exact) mass is 401 g/mol. The summed E-state index contributed by atoms with van der Waals surface area (Å²) in [5, 5.41) is 4.63. The van der Waals surface area contributed by atoms with E-state index >= 15 is 0 Å². The Morgan fingerprint density at radius 2 is 1.85 bits per heavy atom. The zero-order valence-electron chi connectivity index (χ0n) is 15.8. The van der Waals surface area contributed by atoms with E-state index in [9.17, 15) is 8.42 Å². The molecule has 0 saturated heterocycles. The van der Waals surface area contributed by atoms with Crippen LogP contribution in [0.3, 0.4) is 0 Å². The molecule has 144 valence electrons. The van der Waals surface area contributed by atoms with Gasteiger partial charge in [-0.05, 0) is 33.8 Å². The smallest absolute Gasteiger partial charge is 0.244 e. The molecule has 9 heteroatoms. The topological polar surface area (TPSA) is 82.5 Å². The molecular weight excluding hydrogens is 378 g/mol. The van der Waals surface area contributed by atoms with Crippen LogP contribution < -0.4 is 14.2 Å². The molecular formula is C17H24ClN3O4S. The molecule has 2 rings (SSSR count). The third-order valence-electron chi connectivity index (χ3n) is 4.23. The first-order valence-electron chi connectivity index (χ1n) is 8.14. The van der Waals surface area contributed by atoms with Crippen LogP contribution in [-0.4, -0.2) is 32.4 Å². The van der Waals surface area contributed by atoms with Crippen molar-refractivity contribution in [3.05, 3.63) is 34.1 Å². The fourth-order valence-corrected chi connectivity index (χ4v) is 4.74. The van der Waals surface area contributed by atoms with Crippen molar-refractivity contribution in [2.45, 2.75) is 45.2 Å². The minimum Gasteiger partial charge on any atom is -0.495 e. The highest BCUT2D eigenvalue weighted by Crippen LogP contribution is 2.35. The maximum atomic E-state index is 12.9. The Morgan fingerprint density at radius 3 is 2.35 bits per heavy atom. The van der Waals surface area contributed by atoms with Gasteiger partial charge in [-0.15, -0.1) is 0 Å². The Hall–Kier alpha value is -1.77. The van der Waals surface area contributed by atoms with Crippen LogP contribution in [0.2, 0.25) is 5.02 Å². The number of aromatic nitrogens is 2. The summed E-state index contributed by atoms with van der Waals surface area (Å²) in [7, 11) is -1.04. The first-order chi connectivity index (χ1) is 12.2. The summed E-state index contributed by atoms with van der Waals surface area (Å²) >= 11 is 6.10. The SMILES string of the molecule is CCn1nc(C)c([C@H](C)NS(=O)(=O)c2cc(Cl)c(OC)cc2OC)c1C. The van der Waals surface area contributed by atoms with E-state index in [1.165, 1.54) is 26.4 Å². The second-order valence-electron chi connectivity index (χ2n) is 5.88. The van der Waals surface area contributed by atoms with E-state index in [4.69, 9.17) is 21.1 Å². The molecule has 0 aliphatic heterocycles. The molecule has 1 N–H and O–H groups in total. The molecule has 2 aromatic rings. The van der Waals surface area contributed by atoms with Crippen molar-refractivity contribution in [2.24, 2.45) is 0 Å². The van der Waals surface area contributed by atoms with E-state index in [-0.39, 0.29) is 15.7 Å². The number of rotatable bonds is 7. The zero-order valence-corrected chi connectivity index (χ0v) is 17.3. The van der Waals surface area contributed by atoms with E-state index in [0.29, 0.717) is 12.3 Å². The predicted molar refractivity (Wildman–Crippen MR) is 101 cm³/mol. The number of aryl methyl sites for hydroxylation is 2. The molecule has 26 heavy (non-hydrogen) atoms. The van der Waals surface area contributed by atoms with Crippen molar-refractivity contribution < 1.29 is 17.9 Å². The summed E-state index contributed by atoms with van der Waals surface area (Å²) in [6.45, 7) is 8.28. The van der Waals surface area contributed by atoms with E-state index in [2.05, 4.69) is 9.82 Å². The number of methoxy groups -OCH3 is 2. The molecule has 1 atom stereocenters. The maximum Gasteiger partial charge on any atom is 0.244 e. The van der Waals surface area contributed by atoms with Crippen LogP contribution in [0.5, 0.6) is 11.5 Å². The van der Waals surface area contributed by atoms with Crippen molar-refractivity contribution >= 4 is 21.6 Å². The normalized spacial score (nSPS) is 12.9. The van der Waals surface area contributed by atoms with Crippen LogP contribution in [0.1, 0.15) is 36.8 Å². The van der Waals surface area contributed by atoms with E-state index in [1.807, 2.05) is 25.5 Å². The van der Waals surface area contributed by atoms with E-state index in [1.54, 1.807) is 6.92 Å². The van der Waals surface area contributed by atoms with Crippen molar-refractivity contribution in [3.8, 4) is 11.5 Å². The van der Waals surface area contributed by atoms with Gasteiger partial charge in [0.05, 0.1) is 24.9 Å². The van der Waals surface area contributed by atoms with Gasteiger partial charge in [-0.2, -0.15) is 5.10 Å². The van der Waals surface area contributed by atoms with Crippen LogP contribution in [-0.2, 0) is 16.6 Å². The molecule has 1 heterocycles. The quantitative estimate of drug-likeness (QED) is 0.770. The number of hydrogen-bond acceptors (Lipinski definition) is 5. The molecule has 0 unspecified atom stereocenters. The Kier molecular flexibility index (Phi) is 6.21. The lowest BCUT2D eigenvalue weighted by atomic mass is 10.1. The van der Waals surface area contributed by atoms with Gasteiger partial charge in [-0.3, -0.25) is 4.68 Å². The summed E-state index contributed by atoms with van der Waals surface area (Å²) in [4.78, 5) is -0.0455. The maximum absolute atomic E-state index is 12.9. The number of hydrogen-bond donors (Lipinski definition) is 1. The fraction of sp³-hybridized carbons (Fsp3) is 0.471. The summed E-state index contributed by atoms with van der Waals surface area (Å²) in [6, 6.07) is 2.31. The molecule has 1 aromatic carbocycles. The summed E-state index contributed by atoms with van der Waals surface area (Å²) < 4.78 is 40.7. The third kappa shape index (κ3) is 3.82. The van der Waals surface area contributed by atoms with Gasteiger partial charge < -0.3 is 9.47 Å². The first kappa shape index (κ1) is 20.5. The second kappa shape index (κ2) is 7.85. The van der Waals surface area contributed by atoms with Crippen molar-refractivity contribution in [1.29, 1.82) is 0 Å². The Bertz CT molecular complexity index is 909. The van der Waals surface area contributed by atoms with Gasteiger partial charge >= 0.3 is 0 Å². The van der Waals surface area contributed by atoms with Crippen molar-refractivity contribution in [3.63, 3.8) is 0 Å². The van der Waals surface area contributed by atoms with Gasteiger partial charge in [0.25, 0.3) is 0 Å². The van der Waals surface area contributed by atoms with E-state index < -0.39 is 16.1 Å². The largest absolute Gasteiger partial charge is 0.495 e. The van der Waals surface area contributed by atoms with Gasteiger partial charge in [-0.25, -0.2) is 13.1 Å². The number of nitrogens with one attached hydrogen (secondary N) is 1. The molecule has 0 amide bonds. The number of nitrogens with zero attached hydrogens (tertiary/aromatic N) is 2. The molecule has 0 aliphatic rings. The molecule has 7 nitrogen and oxygen atoms in total. The lowest BCUT2D eigenvalue weighted by molar-refractivity contribution is 0.386. The molecule has 0 fully saturated rings. The van der Waals surface area contributed by atoms with Crippen LogP contribution in [0.15, 0.2) is 17.0 Å². The number of benzene rings is 1. The molecule has 0 spiro atoms. The highest BCUT2D eigenvalue weighted by atomic mass is 35.5. The summed E-state index contributed by atoms with van der Waals surface area (Å²) in [6.07, 6.45) is 0. The minimum atomic E-state index is -3.88. The van der Waals surface area contributed by atoms with Gasteiger partial charge in [0.1, 0.15) is 16.4 Å². The number of halogens is 1. The standard InChI is InChI=1S/C17H24ClN3O4S/c1-7-21-12(4)17(10(2)19-21)11(3)20-26(22,23)16-8-13(18)14(24-5)9-15(16)25-6/h8-9,11,20H,7H2,1-6H3/t11-/m0/s1. The van der Waals surface area contributed by atoms with Gasteiger partial charge in [0, 0.05) is 29.9 Å². The van der Waals surface area contributed by atoms with Gasteiger partial charge in [0.2, 0.25) is 10.0 Å². The van der Waals surface area contributed by atoms with Crippen LogP contribution in [0.4, 0.5) is 0 Å². The van der Waals surface area contributed by atoms with Crippen LogP contribution in [0, 0.1) is 13.8 Å². The van der Waals surface area contributed by atoms with Crippen LogP contribution >= 0.6 is 11.6 Å². The lowest BCUT2D eigenvalue weighted by Gasteiger charge is -2.17. The van der Waals surface area contributed by atoms with Gasteiger partial charge in [0.15, 0.2) is 0 Å². The van der Waals surface area contributed by atoms with Gasteiger partial charge in [-0.1, -0.05) is 11.6 Å². The molecule has 0 aliphatic carbocycles. The number of ether oxygens (including phenoxy) is 2. The summed E-state index contributed by atoms with van der Waals surface area (Å²) in [5.74, 6) is 0.495. The molecule has 1 aromatic heterocycles. The fourth-order valence-electron chi connectivity index (χ4n) is 3.04. The Balaban J connectivity index is 2.43. The Labute approximate surface area is 159 Å². The average molecular weight is 402 g/mol. The predicted octanol–water partition coefficient (Wildman–Crippen LogP) is 3.23. The molecule has 0 radical (unpaired) electrons. The van der Waals surface area contributed by atoms with Crippen molar-refractivity contribution in [2.75, 3.05) is 14.2 Å². The Morgan fingerprint density at radius 1 is 1.23 bits per heavy atom. The second-order valence-corrected chi connectivity index (χ2v) is 7.97. The summed E-state index contributed by atoms with van der Waals surface area (Å²) in [5.41, 5.74) is 2.58. The zero-order chi connectivity index (χ0) is 19.6. The van der Waals surface area contributed by atoms with E-state index in [0.717, 1.165) is 17.0 Å². The third-order valence-corrected chi connectivity index (χ3v) is 6.09. The van der Waals surface area contributed by atoms with Crippen molar-refractivity contribution in [1.82, 2.24) is 14.5 Å². The first-order valence-corrected chi connectivity index (χ1v) is 10.00. The minimum absolute atomic E-state index is 0.0455. The molecule has 0 saturated carbocycles. The highest BCUT2D eigenvalue weighted by Gasteiger charge is 2.27. The lowest BCUT2D eigenvalue weighted by Crippen LogP contribution is -2.28. The number of sulfonamides is 1. The van der Waals surface area contributed by atoms with Crippen LogP contribution in [0.25, 0.3) is 0 Å². The highest BCUT2D eigenvalue weighted by molar-refractivity contribution is 7.89.